The Morgan fingerprint density at radius 1 is 1.25 bits per heavy atom. The first-order valence-corrected chi connectivity index (χ1v) is 10.6. The fraction of sp³-hybridized carbons (Fsp3) is 0.304. The minimum absolute atomic E-state index is 0.0746. The molecule has 5 rings (SSSR count). The highest BCUT2D eigenvalue weighted by Gasteiger charge is 2.28. The Morgan fingerprint density at radius 3 is 2.88 bits per heavy atom. The Hall–Kier alpha value is -3.88. The molecule has 0 spiro atoms. The first-order valence-electron chi connectivity index (χ1n) is 10.6. The summed E-state index contributed by atoms with van der Waals surface area (Å²) in [5.41, 5.74) is 2.13. The van der Waals surface area contributed by atoms with Crippen LogP contribution in [0.5, 0.6) is 0 Å². The van der Waals surface area contributed by atoms with Gasteiger partial charge >= 0.3 is 0 Å². The van der Waals surface area contributed by atoms with Crippen LogP contribution in [0.15, 0.2) is 47.5 Å². The Labute approximate surface area is 183 Å². The van der Waals surface area contributed by atoms with Crippen LogP contribution in [0.3, 0.4) is 0 Å². The molecule has 1 aliphatic rings. The van der Waals surface area contributed by atoms with Gasteiger partial charge in [0.05, 0.1) is 17.6 Å². The lowest BCUT2D eigenvalue weighted by Gasteiger charge is -2.06. The molecule has 0 aromatic carbocycles. The second kappa shape index (κ2) is 7.99. The Morgan fingerprint density at radius 2 is 2.09 bits per heavy atom. The van der Waals surface area contributed by atoms with Gasteiger partial charge in [-0.05, 0) is 44.9 Å². The predicted molar refractivity (Wildman–Crippen MR) is 116 cm³/mol. The second-order valence-electron chi connectivity index (χ2n) is 8.21. The summed E-state index contributed by atoms with van der Waals surface area (Å²) < 4.78 is 7.24. The van der Waals surface area contributed by atoms with Crippen molar-refractivity contribution < 1.29 is 14.0 Å². The molecule has 1 aliphatic carbocycles. The lowest BCUT2D eigenvalue weighted by atomic mass is 10.1. The van der Waals surface area contributed by atoms with Crippen molar-refractivity contribution in [2.24, 2.45) is 0 Å². The van der Waals surface area contributed by atoms with E-state index >= 15 is 0 Å². The molecule has 0 unspecified atom stereocenters. The van der Waals surface area contributed by atoms with Crippen LogP contribution in [0.25, 0.3) is 10.9 Å². The molecule has 0 radical (unpaired) electrons. The Balaban J connectivity index is 1.35. The first kappa shape index (κ1) is 20.0. The predicted octanol–water partition coefficient (Wildman–Crippen LogP) is 3.68. The minimum Gasteiger partial charge on any atom is -0.448 e. The van der Waals surface area contributed by atoms with Crippen LogP contribution in [0.2, 0.25) is 0 Å². The number of carbonyl (C=O) groups excluding carboxylic acids is 2. The van der Waals surface area contributed by atoms with E-state index in [1.165, 1.54) is 12.5 Å². The van der Waals surface area contributed by atoms with E-state index < -0.39 is 0 Å². The van der Waals surface area contributed by atoms with E-state index in [0.29, 0.717) is 34.1 Å². The van der Waals surface area contributed by atoms with Gasteiger partial charge in [0.15, 0.2) is 5.89 Å². The van der Waals surface area contributed by atoms with Gasteiger partial charge in [-0.1, -0.05) is 0 Å². The zero-order valence-corrected chi connectivity index (χ0v) is 17.8. The molecule has 0 atom stereocenters. The average Bonchev–Trinajstić information content (AvgIpc) is 3.40. The summed E-state index contributed by atoms with van der Waals surface area (Å²) in [6, 6.07) is 5.09. The molecule has 9 nitrogen and oxygen atoms in total. The van der Waals surface area contributed by atoms with Crippen molar-refractivity contribution in [1.82, 2.24) is 24.7 Å². The van der Waals surface area contributed by atoms with E-state index in [1.54, 1.807) is 24.5 Å². The van der Waals surface area contributed by atoms with Gasteiger partial charge < -0.3 is 9.73 Å². The monoisotopic (exact) mass is 430 g/mol. The largest absolute Gasteiger partial charge is 0.448 e. The lowest BCUT2D eigenvalue weighted by Crippen LogP contribution is -2.16. The standard InChI is InChI=1S/C23H22N6O3/c1-13(2)29-18-6-7-24-11-17(18)21(28-29)22(31)15-5-8-25-19(9-15)27-20(30)10-16-12-32-23(26-16)14-3-4-14/h5-9,11-14H,3-4,10H2,1-2H3,(H,25,27,30). The van der Waals surface area contributed by atoms with Crippen LogP contribution in [0.4, 0.5) is 5.82 Å². The fourth-order valence-electron chi connectivity index (χ4n) is 3.60. The SMILES string of the molecule is CC(C)n1nc(C(=O)c2ccnc(NC(=O)Cc3coc(C4CC4)n3)c2)c2cnccc21. The van der Waals surface area contributed by atoms with E-state index in [2.05, 4.69) is 25.4 Å². The molecule has 4 aromatic heterocycles. The first-order chi connectivity index (χ1) is 15.5. The number of anilines is 1. The van der Waals surface area contributed by atoms with Crippen LogP contribution < -0.4 is 5.32 Å². The molecule has 1 N–H and O–H groups in total. The van der Waals surface area contributed by atoms with Crippen LogP contribution in [-0.2, 0) is 11.2 Å². The van der Waals surface area contributed by atoms with Crippen molar-refractivity contribution in [3.05, 3.63) is 65.9 Å². The molecule has 0 bridgehead atoms. The zero-order valence-electron chi connectivity index (χ0n) is 17.8. The third-order valence-corrected chi connectivity index (χ3v) is 5.34. The molecule has 0 aliphatic heterocycles. The molecular weight excluding hydrogens is 408 g/mol. The second-order valence-corrected chi connectivity index (χ2v) is 8.21. The molecule has 32 heavy (non-hydrogen) atoms. The van der Waals surface area contributed by atoms with Crippen LogP contribution in [-0.4, -0.2) is 36.4 Å². The quantitative estimate of drug-likeness (QED) is 0.445. The number of aromatic nitrogens is 5. The van der Waals surface area contributed by atoms with Gasteiger partial charge in [-0.2, -0.15) is 5.10 Å². The van der Waals surface area contributed by atoms with Gasteiger partial charge in [0.2, 0.25) is 11.7 Å². The number of oxazole rings is 1. The number of hydrogen-bond acceptors (Lipinski definition) is 7. The fourth-order valence-corrected chi connectivity index (χ4v) is 3.60. The Bertz CT molecular complexity index is 1320. The van der Waals surface area contributed by atoms with E-state index in [4.69, 9.17) is 4.42 Å². The molecule has 162 valence electrons. The third-order valence-electron chi connectivity index (χ3n) is 5.34. The third kappa shape index (κ3) is 3.89. The van der Waals surface area contributed by atoms with Gasteiger partial charge in [-0.15, -0.1) is 0 Å². The van der Waals surface area contributed by atoms with Crippen LogP contribution in [0, 0.1) is 0 Å². The van der Waals surface area contributed by atoms with Crippen molar-refractivity contribution in [1.29, 1.82) is 0 Å². The highest BCUT2D eigenvalue weighted by molar-refractivity contribution is 6.15. The maximum Gasteiger partial charge on any atom is 0.231 e. The molecular formula is C23H22N6O3. The maximum atomic E-state index is 13.2. The number of rotatable bonds is 7. The van der Waals surface area contributed by atoms with Crippen LogP contribution >= 0.6 is 0 Å². The summed E-state index contributed by atoms with van der Waals surface area (Å²) in [4.78, 5) is 38.4. The lowest BCUT2D eigenvalue weighted by molar-refractivity contribution is -0.115. The van der Waals surface area contributed by atoms with E-state index in [-0.39, 0.29) is 30.0 Å². The van der Waals surface area contributed by atoms with Gasteiger partial charge in [-0.3, -0.25) is 19.3 Å². The van der Waals surface area contributed by atoms with Crippen LogP contribution in [0.1, 0.15) is 66.3 Å². The summed E-state index contributed by atoms with van der Waals surface area (Å²) in [5, 5.41) is 7.95. The van der Waals surface area contributed by atoms with Gasteiger partial charge in [0.1, 0.15) is 17.8 Å². The summed E-state index contributed by atoms with van der Waals surface area (Å²) >= 11 is 0. The summed E-state index contributed by atoms with van der Waals surface area (Å²) in [7, 11) is 0. The number of nitrogens with one attached hydrogen (secondary N) is 1. The van der Waals surface area contributed by atoms with Gasteiger partial charge in [0, 0.05) is 41.5 Å². The zero-order chi connectivity index (χ0) is 22.2. The number of amides is 1. The normalized spacial score (nSPS) is 13.6. The van der Waals surface area contributed by atoms with E-state index in [1.807, 2.05) is 24.6 Å². The summed E-state index contributed by atoms with van der Waals surface area (Å²) in [6.07, 6.45) is 8.57. The smallest absolute Gasteiger partial charge is 0.231 e. The number of ketones is 1. The van der Waals surface area contributed by atoms with E-state index in [0.717, 1.165) is 18.4 Å². The van der Waals surface area contributed by atoms with Crippen molar-refractivity contribution in [2.75, 3.05) is 5.32 Å². The molecule has 1 saturated carbocycles. The summed E-state index contributed by atoms with van der Waals surface area (Å²) in [6.45, 7) is 4.01. The summed E-state index contributed by atoms with van der Waals surface area (Å²) in [5.74, 6) is 0.836. The topological polar surface area (TPSA) is 116 Å². The number of carbonyl (C=O) groups is 2. The number of nitrogens with zero attached hydrogens (tertiary/aromatic N) is 5. The Kier molecular flexibility index (Phi) is 5.01. The van der Waals surface area contributed by atoms with Crippen molar-refractivity contribution >= 4 is 28.4 Å². The minimum atomic E-state index is -0.281. The molecule has 1 amide bonds. The molecule has 0 saturated heterocycles. The number of pyridine rings is 2. The number of fused-ring (bicyclic) bond motifs is 1. The molecule has 4 aromatic rings. The van der Waals surface area contributed by atoms with Crippen molar-refractivity contribution in [3.8, 4) is 0 Å². The molecule has 1 fully saturated rings. The molecule has 4 heterocycles. The molecule has 9 heteroatoms. The maximum absolute atomic E-state index is 13.2. The van der Waals surface area contributed by atoms with E-state index in [9.17, 15) is 9.59 Å². The highest BCUT2D eigenvalue weighted by Crippen LogP contribution is 2.39. The number of hydrogen-bond donors (Lipinski definition) is 1. The average molecular weight is 430 g/mol. The van der Waals surface area contributed by atoms with Crippen molar-refractivity contribution in [3.63, 3.8) is 0 Å². The van der Waals surface area contributed by atoms with Crippen molar-refractivity contribution in [2.45, 2.75) is 45.1 Å². The highest BCUT2D eigenvalue weighted by atomic mass is 16.3. The van der Waals surface area contributed by atoms with Gasteiger partial charge in [-0.25, -0.2) is 9.97 Å². The van der Waals surface area contributed by atoms with Gasteiger partial charge in [0.25, 0.3) is 0 Å².